The van der Waals surface area contributed by atoms with Crippen LogP contribution in [-0.4, -0.2) is 51.1 Å². The van der Waals surface area contributed by atoms with E-state index < -0.39 is 28.7 Å². The summed E-state index contributed by atoms with van der Waals surface area (Å²) in [7, 11) is -4.10. The molecule has 1 saturated carbocycles. The summed E-state index contributed by atoms with van der Waals surface area (Å²) in [6.07, 6.45) is 12.9. The largest absolute Gasteiger partial charge is 0.481 e. The molecule has 0 amide bonds. The number of hydrogen-bond acceptors (Lipinski definition) is 4. The predicted molar refractivity (Wildman–Crippen MR) is 195 cm³/mol. The number of aliphatic hydroxyl groups is 1. The predicted octanol–water partition coefficient (Wildman–Crippen LogP) is 10.0. The van der Waals surface area contributed by atoms with Gasteiger partial charge in [0.2, 0.25) is 0 Å². The average Bonchev–Trinajstić information content (AvgIpc) is 3.19. The second kappa shape index (κ2) is 16.5. The zero-order valence-electron chi connectivity index (χ0n) is 30.6. The number of carbonyl (C=O) groups is 1. The summed E-state index contributed by atoms with van der Waals surface area (Å²) in [6.45, 7) is 26.8. The van der Waals surface area contributed by atoms with E-state index in [1.807, 2.05) is 13.8 Å². The van der Waals surface area contributed by atoms with E-state index >= 15 is 0 Å². The minimum absolute atomic E-state index is 0.0162. The van der Waals surface area contributed by atoms with Crippen molar-refractivity contribution in [2.45, 2.75) is 148 Å². The van der Waals surface area contributed by atoms with Gasteiger partial charge in [-0.2, -0.15) is 0 Å². The fourth-order valence-corrected chi connectivity index (χ4v) is 8.38. The Labute approximate surface area is 278 Å². The molecule has 0 spiro atoms. The van der Waals surface area contributed by atoms with Crippen molar-refractivity contribution in [3.8, 4) is 0 Å². The second-order valence-electron chi connectivity index (χ2n) is 16.8. The van der Waals surface area contributed by atoms with Crippen molar-refractivity contribution < 1.29 is 23.9 Å². The van der Waals surface area contributed by atoms with Gasteiger partial charge < -0.3 is 19.1 Å². The van der Waals surface area contributed by atoms with Gasteiger partial charge in [0.1, 0.15) is 0 Å². The van der Waals surface area contributed by atoms with Crippen molar-refractivity contribution >= 4 is 22.6 Å². The highest BCUT2D eigenvalue weighted by Crippen LogP contribution is 2.44. The number of allylic oxidation sites excluding steroid dienone is 2. The van der Waals surface area contributed by atoms with Gasteiger partial charge in [0.15, 0.2) is 16.6 Å². The topological polar surface area (TPSA) is 76.0 Å². The molecular formula is C38H66O5Si2. The lowest BCUT2D eigenvalue weighted by Crippen LogP contribution is -2.45. The molecule has 5 nitrogen and oxygen atoms in total. The molecule has 6 atom stereocenters. The summed E-state index contributed by atoms with van der Waals surface area (Å²) in [5.74, 6) is -0.835. The molecule has 0 heterocycles. The standard InChI is InChI=1S/C38H66O5Si2/c1-28(2)31(36(40)41)21-17-14-18-22-32-33(35(27-34(32)39)43-45(11,12)38(6,7)8)26-25-30(42-44(9,10)37(3,4)5)24-23-29-19-15-13-16-20-29/h13-16,18-20,25-26,28,30-35,39H,17,21-24,27H2,1-12H3,(H,40,41)/t30-,31?,32+,33+,34-,35+/m0/s1. The zero-order chi connectivity index (χ0) is 34.2. The van der Waals surface area contributed by atoms with Crippen LogP contribution >= 0.6 is 0 Å². The monoisotopic (exact) mass is 658 g/mol. The third kappa shape index (κ3) is 11.9. The van der Waals surface area contributed by atoms with E-state index in [0.717, 1.165) is 25.7 Å². The van der Waals surface area contributed by atoms with Gasteiger partial charge in [0.25, 0.3) is 0 Å². The van der Waals surface area contributed by atoms with Crippen LogP contribution in [0.2, 0.25) is 36.3 Å². The van der Waals surface area contributed by atoms with E-state index in [1.54, 1.807) is 0 Å². The Balaban J connectivity index is 2.35. The molecule has 2 rings (SSSR count). The lowest BCUT2D eigenvalue weighted by molar-refractivity contribution is -0.143. The molecule has 1 aliphatic carbocycles. The van der Waals surface area contributed by atoms with Crippen LogP contribution in [0, 0.1) is 23.7 Å². The van der Waals surface area contributed by atoms with Gasteiger partial charge in [0.05, 0.1) is 24.2 Å². The summed E-state index contributed by atoms with van der Waals surface area (Å²) in [5, 5.41) is 21.1. The van der Waals surface area contributed by atoms with Crippen molar-refractivity contribution in [3.63, 3.8) is 0 Å². The van der Waals surface area contributed by atoms with Crippen LogP contribution in [0.4, 0.5) is 0 Å². The number of aliphatic hydroxyl groups excluding tert-OH is 1. The molecule has 0 aliphatic heterocycles. The Hall–Kier alpha value is -1.52. The molecule has 0 bridgehead atoms. The normalized spacial score (nSPS) is 23.3. The Morgan fingerprint density at radius 3 is 2.09 bits per heavy atom. The van der Waals surface area contributed by atoms with Crippen LogP contribution in [0.25, 0.3) is 0 Å². The maximum absolute atomic E-state index is 11.6. The first kappa shape index (κ1) is 39.7. The van der Waals surface area contributed by atoms with Crippen molar-refractivity contribution in [1.29, 1.82) is 0 Å². The highest BCUT2D eigenvalue weighted by molar-refractivity contribution is 6.74. The lowest BCUT2D eigenvalue weighted by atomic mass is 9.88. The van der Waals surface area contributed by atoms with Gasteiger partial charge in [-0.1, -0.05) is 110 Å². The van der Waals surface area contributed by atoms with Crippen molar-refractivity contribution in [3.05, 3.63) is 60.2 Å². The quantitative estimate of drug-likeness (QED) is 0.137. The van der Waals surface area contributed by atoms with Crippen molar-refractivity contribution in [1.82, 2.24) is 0 Å². The van der Waals surface area contributed by atoms with E-state index in [4.69, 9.17) is 8.85 Å². The van der Waals surface area contributed by atoms with Gasteiger partial charge in [-0.15, -0.1) is 0 Å². The molecule has 2 N–H and O–H groups in total. The third-order valence-electron chi connectivity index (χ3n) is 10.8. The molecule has 0 radical (unpaired) electrons. The van der Waals surface area contributed by atoms with Gasteiger partial charge in [-0.25, -0.2) is 0 Å². The fourth-order valence-electron chi connectivity index (χ4n) is 5.71. The smallest absolute Gasteiger partial charge is 0.306 e. The summed E-state index contributed by atoms with van der Waals surface area (Å²) >= 11 is 0. The fraction of sp³-hybridized carbons (Fsp3) is 0.711. The highest BCUT2D eigenvalue weighted by atomic mass is 28.4. The molecule has 45 heavy (non-hydrogen) atoms. The average molecular weight is 659 g/mol. The molecule has 1 aliphatic rings. The summed E-state index contributed by atoms with van der Waals surface area (Å²) in [5.41, 5.74) is 1.32. The molecule has 1 aromatic carbocycles. The van der Waals surface area contributed by atoms with Crippen LogP contribution < -0.4 is 0 Å². The second-order valence-corrected chi connectivity index (χ2v) is 26.3. The van der Waals surface area contributed by atoms with Crippen molar-refractivity contribution in [2.75, 3.05) is 0 Å². The Morgan fingerprint density at radius 2 is 1.56 bits per heavy atom. The first-order chi connectivity index (χ1) is 20.7. The molecule has 7 heteroatoms. The highest BCUT2D eigenvalue weighted by Gasteiger charge is 2.47. The van der Waals surface area contributed by atoms with Gasteiger partial charge in [0, 0.05) is 5.92 Å². The lowest BCUT2D eigenvalue weighted by Gasteiger charge is -2.40. The number of carboxylic acid groups (broad SMARTS) is 1. The van der Waals surface area contributed by atoms with Gasteiger partial charge >= 0.3 is 5.97 Å². The molecule has 0 aromatic heterocycles. The van der Waals surface area contributed by atoms with E-state index in [9.17, 15) is 15.0 Å². The van der Waals surface area contributed by atoms with Gasteiger partial charge in [-0.3, -0.25) is 4.79 Å². The molecule has 1 fully saturated rings. The van der Waals surface area contributed by atoms with Crippen molar-refractivity contribution in [2.24, 2.45) is 23.7 Å². The first-order valence-corrected chi connectivity index (χ1v) is 23.1. The number of hydrogen-bond donors (Lipinski definition) is 2. The number of rotatable bonds is 16. The number of carboxylic acids is 1. The van der Waals surface area contributed by atoms with Crippen LogP contribution in [0.3, 0.4) is 0 Å². The number of aryl methyl sites for hydroxylation is 1. The molecule has 1 aromatic rings. The number of benzene rings is 1. The Bertz CT molecular complexity index is 1100. The minimum Gasteiger partial charge on any atom is -0.481 e. The molecular weight excluding hydrogens is 593 g/mol. The van der Waals surface area contributed by atoms with Crippen LogP contribution in [0.1, 0.15) is 93.1 Å². The number of aliphatic carboxylic acids is 1. The van der Waals surface area contributed by atoms with E-state index in [1.165, 1.54) is 5.56 Å². The van der Waals surface area contributed by atoms with Crippen LogP contribution in [-0.2, 0) is 20.1 Å². The Kier molecular flexibility index (Phi) is 14.6. The van der Waals surface area contributed by atoms with E-state index in [-0.39, 0.29) is 46.0 Å². The summed E-state index contributed by atoms with van der Waals surface area (Å²) < 4.78 is 14.0. The maximum Gasteiger partial charge on any atom is 0.306 e. The first-order valence-electron chi connectivity index (χ1n) is 17.3. The van der Waals surface area contributed by atoms with Crippen LogP contribution in [0.15, 0.2) is 54.6 Å². The van der Waals surface area contributed by atoms with E-state index in [2.05, 4.69) is 122 Å². The maximum atomic E-state index is 11.6. The summed E-state index contributed by atoms with van der Waals surface area (Å²) in [6, 6.07) is 10.6. The molecule has 1 unspecified atom stereocenters. The van der Waals surface area contributed by atoms with E-state index in [0.29, 0.717) is 12.8 Å². The van der Waals surface area contributed by atoms with Crippen LogP contribution in [0.5, 0.6) is 0 Å². The SMILES string of the molecule is CC(C)C(CCC=CC[C@@H]1[C@@H](C=C[C@H](CCc2ccccc2)O[Si](C)(C)C(C)(C)C)[C@H](O[Si](C)(C)C(C)(C)C)C[C@@H]1O)C(=O)O. The molecule has 256 valence electrons. The molecule has 0 saturated heterocycles. The Morgan fingerprint density at radius 1 is 0.956 bits per heavy atom. The minimum atomic E-state index is -2.07. The van der Waals surface area contributed by atoms with Gasteiger partial charge in [-0.05, 0) is 92.2 Å². The zero-order valence-corrected chi connectivity index (χ0v) is 32.6. The summed E-state index contributed by atoms with van der Waals surface area (Å²) in [4.78, 5) is 11.6. The third-order valence-corrected chi connectivity index (χ3v) is 19.9.